The van der Waals surface area contributed by atoms with Crippen LogP contribution in [0.4, 0.5) is 0 Å². The van der Waals surface area contributed by atoms with Crippen molar-refractivity contribution in [2.24, 2.45) is 0 Å². The standard InChI is InChI=1S/C18H18O/c1-17(2)13-14-18(19-17,15-9-5-3-6-10-15)16-11-7-4-8-12-16/h3-14H,1-2H3. The second-order valence-electron chi connectivity index (χ2n) is 5.51. The van der Waals surface area contributed by atoms with E-state index in [-0.39, 0.29) is 5.60 Å². The third-order valence-corrected chi connectivity index (χ3v) is 3.55. The monoisotopic (exact) mass is 250 g/mol. The first-order valence-corrected chi connectivity index (χ1v) is 6.64. The molecule has 96 valence electrons. The Kier molecular flexibility index (Phi) is 2.79. The van der Waals surface area contributed by atoms with Gasteiger partial charge in [-0.15, -0.1) is 0 Å². The molecule has 0 radical (unpaired) electrons. The second kappa shape index (κ2) is 4.36. The molecule has 0 spiro atoms. The molecule has 0 bridgehead atoms. The van der Waals surface area contributed by atoms with Crippen molar-refractivity contribution in [1.82, 2.24) is 0 Å². The molecule has 0 amide bonds. The van der Waals surface area contributed by atoms with Crippen molar-refractivity contribution in [2.75, 3.05) is 0 Å². The summed E-state index contributed by atoms with van der Waals surface area (Å²) in [6, 6.07) is 20.8. The van der Waals surface area contributed by atoms with Crippen LogP contribution in [0.3, 0.4) is 0 Å². The van der Waals surface area contributed by atoms with E-state index in [0.29, 0.717) is 0 Å². The van der Waals surface area contributed by atoms with Crippen LogP contribution < -0.4 is 0 Å². The highest BCUT2D eigenvalue weighted by Crippen LogP contribution is 2.43. The summed E-state index contributed by atoms with van der Waals surface area (Å²) >= 11 is 0. The SMILES string of the molecule is CC1(C)C=CC(c2ccccc2)(c2ccccc2)O1. The van der Waals surface area contributed by atoms with E-state index in [1.807, 2.05) is 12.1 Å². The van der Waals surface area contributed by atoms with Gasteiger partial charge in [0.25, 0.3) is 0 Å². The Morgan fingerprint density at radius 2 is 1.16 bits per heavy atom. The average Bonchev–Trinajstić information content (AvgIpc) is 2.78. The van der Waals surface area contributed by atoms with Crippen LogP contribution in [0.5, 0.6) is 0 Å². The predicted molar refractivity (Wildman–Crippen MR) is 78.0 cm³/mol. The number of ether oxygens (including phenoxy) is 1. The van der Waals surface area contributed by atoms with Gasteiger partial charge in [-0.3, -0.25) is 0 Å². The zero-order chi connectivity index (χ0) is 13.3. The molecule has 0 aromatic heterocycles. The molecule has 0 saturated heterocycles. The molecule has 2 aromatic carbocycles. The van der Waals surface area contributed by atoms with Crippen LogP contribution >= 0.6 is 0 Å². The summed E-state index contributed by atoms with van der Waals surface area (Å²) in [4.78, 5) is 0. The van der Waals surface area contributed by atoms with E-state index < -0.39 is 5.60 Å². The maximum Gasteiger partial charge on any atom is 0.138 e. The first kappa shape index (κ1) is 12.2. The van der Waals surface area contributed by atoms with Gasteiger partial charge in [-0.2, -0.15) is 0 Å². The third kappa shape index (κ3) is 2.11. The van der Waals surface area contributed by atoms with E-state index in [4.69, 9.17) is 4.74 Å². The second-order valence-corrected chi connectivity index (χ2v) is 5.51. The Hall–Kier alpha value is -1.86. The molecular formula is C18H18O. The molecular weight excluding hydrogens is 232 g/mol. The van der Waals surface area contributed by atoms with Crippen molar-refractivity contribution in [2.45, 2.75) is 25.0 Å². The average molecular weight is 250 g/mol. The lowest BCUT2D eigenvalue weighted by Gasteiger charge is -2.33. The van der Waals surface area contributed by atoms with Crippen LogP contribution in [-0.4, -0.2) is 5.60 Å². The molecule has 0 aliphatic carbocycles. The lowest BCUT2D eigenvalue weighted by molar-refractivity contribution is -0.0498. The predicted octanol–water partition coefficient (Wildman–Crippen LogP) is 4.30. The lowest BCUT2D eigenvalue weighted by atomic mass is 9.86. The lowest BCUT2D eigenvalue weighted by Crippen LogP contribution is -2.32. The van der Waals surface area contributed by atoms with E-state index in [1.54, 1.807) is 0 Å². The molecule has 0 fully saturated rings. The molecule has 1 heterocycles. The molecule has 0 N–H and O–H groups in total. The Balaban J connectivity index is 2.16. The Bertz CT molecular complexity index is 542. The van der Waals surface area contributed by atoms with Crippen LogP contribution in [0.1, 0.15) is 25.0 Å². The fourth-order valence-electron chi connectivity index (χ4n) is 2.65. The summed E-state index contributed by atoms with van der Waals surface area (Å²) in [5.74, 6) is 0. The number of rotatable bonds is 2. The van der Waals surface area contributed by atoms with Gasteiger partial charge in [-0.05, 0) is 31.1 Å². The van der Waals surface area contributed by atoms with Gasteiger partial charge in [0, 0.05) is 0 Å². The minimum atomic E-state index is -0.466. The Morgan fingerprint density at radius 1 is 0.684 bits per heavy atom. The third-order valence-electron chi connectivity index (χ3n) is 3.55. The highest BCUT2D eigenvalue weighted by molar-refractivity contribution is 5.44. The number of hydrogen-bond acceptors (Lipinski definition) is 1. The fourth-order valence-corrected chi connectivity index (χ4v) is 2.65. The van der Waals surface area contributed by atoms with Crippen molar-refractivity contribution < 1.29 is 4.74 Å². The topological polar surface area (TPSA) is 9.23 Å². The van der Waals surface area contributed by atoms with Gasteiger partial charge in [-0.25, -0.2) is 0 Å². The fraction of sp³-hybridized carbons (Fsp3) is 0.222. The summed E-state index contributed by atoms with van der Waals surface area (Å²) in [7, 11) is 0. The van der Waals surface area contributed by atoms with E-state index in [2.05, 4.69) is 74.5 Å². The van der Waals surface area contributed by atoms with Crippen molar-refractivity contribution in [1.29, 1.82) is 0 Å². The number of benzene rings is 2. The van der Waals surface area contributed by atoms with E-state index in [9.17, 15) is 0 Å². The van der Waals surface area contributed by atoms with Gasteiger partial charge >= 0.3 is 0 Å². The molecule has 0 unspecified atom stereocenters. The molecule has 19 heavy (non-hydrogen) atoms. The zero-order valence-electron chi connectivity index (χ0n) is 11.3. The van der Waals surface area contributed by atoms with Crippen molar-refractivity contribution in [3.05, 3.63) is 83.9 Å². The minimum absolute atomic E-state index is 0.244. The van der Waals surface area contributed by atoms with Crippen molar-refractivity contribution in [3.63, 3.8) is 0 Å². The molecule has 1 nitrogen and oxygen atoms in total. The van der Waals surface area contributed by atoms with Crippen LogP contribution in [0.2, 0.25) is 0 Å². The first-order chi connectivity index (χ1) is 9.12. The Labute approximate surface area is 114 Å². The van der Waals surface area contributed by atoms with E-state index in [1.165, 1.54) is 11.1 Å². The van der Waals surface area contributed by atoms with Crippen molar-refractivity contribution in [3.8, 4) is 0 Å². The maximum atomic E-state index is 6.40. The highest BCUT2D eigenvalue weighted by atomic mass is 16.5. The largest absolute Gasteiger partial charge is 0.352 e. The van der Waals surface area contributed by atoms with Crippen LogP contribution in [0.25, 0.3) is 0 Å². The normalized spacial score (nSPS) is 19.5. The first-order valence-electron chi connectivity index (χ1n) is 6.64. The summed E-state index contributed by atoms with van der Waals surface area (Å²) in [5.41, 5.74) is 1.63. The summed E-state index contributed by atoms with van der Waals surface area (Å²) < 4.78 is 6.40. The zero-order valence-corrected chi connectivity index (χ0v) is 11.3. The van der Waals surface area contributed by atoms with Gasteiger partial charge in [-0.1, -0.05) is 66.7 Å². The molecule has 0 atom stereocenters. The van der Waals surface area contributed by atoms with Gasteiger partial charge in [0.1, 0.15) is 5.60 Å². The Morgan fingerprint density at radius 3 is 1.53 bits per heavy atom. The summed E-state index contributed by atoms with van der Waals surface area (Å²) in [6.07, 6.45) is 4.32. The molecule has 2 aromatic rings. The number of hydrogen-bond donors (Lipinski definition) is 0. The van der Waals surface area contributed by atoms with E-state index >= 15 is 0 Å². The maximum absolute atomic E-state index is 6.40. The van der Waals surface area contributed by atoms with Gasteiger partial charge < -0.3 is 4.74 Å². The van der Waals surface area contributed by atoms with Crippen LogP contribution in [-0.2, 0) is 10.3 Å². The van der Waals surface area contributed by atoms with Crippen LogP contribution in [0.15, 0.2) is 72.8 Å². The minimum Gasteiger partial charge on any atom is -0.352 e. The molecule has 0 saturated carbocycles. The molecule has 1 aliphatic heterocycles. The smallest absolute Gasteiger partial charge is 0.138 e. The van der Waals surface area contributed by atoms with Gasteiger partial charge in [0.2, 0.25) is 0 Å². The summed E-state index contributed by atoms with van der Waals surface area (Å²) in [5, 5.41) is 0. The quantitative estimate of drug-likeness (QED) is 0.722. The molecule has 1 heteroatoms. The van der Waals surface area contributed by atoms with Gasteiger partial charge in [0.15, 0.2) is 0 Å². The molecule has 3 rings (SSSR count). The van der Waals surface area contributed by atoms with Gasteiger partial charge in [0.05, 0.1) is 5.60 Å². The summed E-state index contributed by atoms with van der Waals surface area (Å²) in [6.45, 7) is 4.19. The van der Waals surface area contributed by atoms with E-state index in [0.717, 1.165) is 0 Å². The highest BCUT2D eigenvalue weighted by Gasteiger charge is 2.42. The van der Waals surface area contributed by atoms with Crippen molar-refractivity contribution >= 4 is 0 Å². The molecule has 1 aliphatic rings. The van der Waals surface area contributed by atoms with Crippen LogP contribution in [0, 0.1) is 0 Å².